The van der Waals surface area contributed by atoms with Crippen molar-refractivity contribution in [2.45, 2.75) is 12.8 Å². The molecule has 0 saturated carbocycles. The first kappa shape index (κ1) is 14.0. The Morgan fingerprint density at radius 3 is 2.50 bits per heavy atom. The molecule has 96 valence electrons. The molecule has 0 radical (unpaired) electrons. The van der Waals surface area contributed by atoms with E-state index in [0.717, 1.165) is 0 Å². The number of carboxylic acids is 1. The van der Waals surface area contributed by atoms with E-state index in [-0.39, 0.29) is 29.1 Å². The van der Waals surface area contributed by atoms with Crippen LogP contribution >= 0.6 is 11.6 Å². The van der Waals surface area contributed by atoms with Crippen LogP contribution in [0.5, 0.6) is 0 Å². The molecule has 0 bridgehead atoms. The Morgan fingerprint density at radius 1 is 1.28 bits per heavy atom. The SMILES string of the molecule is NC(=O)c1ccc(Cl)c(NC(=O)CCC(=O)O)c1. The molecule has 7 heteroatoms. The van der Waals surface area contributed by atoms with Gasteiger partial charge in [0, 0.05) is 12.0 Å². The predicted octanol–water partition coefficient (Wildman–Crippen LogP) is 1.24. The van der Waals surface area contributed by atoms with Gasteiger partial charge in [0.25, 0.3) is 0 Å². The zero-order chi connectivity index (χ0) is 13.7. The van der Waals surface area contributed by atoms with Gasteiger partial charge < -0.3 is 16.2 Å². The second kappa shape index (κ2) is 6.02. The van der Waals surface area contributed by atoms with Crippen molar-refractivity contribution >= 4 is 35.1 Å². The van der Waals surface area contributed by atoms with Crippen LogP contribution in [0, 0.1) is 0 Å². The number of anilines is 1. The zero-order valence-corrected chi connectivity index (χ0v) is 10.0. The summed E-state index contributed by atoms with van der Waals surface area (Å²) in [6.45, 7) is 0. The van der Waals surface area contributed by atoms with Crippen molar-refractivity contribution in [2.75, 3.05) is 5.32 Å². The van der Waals surface area contributed by atoms with Crippen molar-refractivity contribution in [1.82, 2.24) is 0 Å². The highest BCUT2D eigenvalue weighted by Crippen LogP contribution is 2.23. The Hall–Kier alpha value is -2.08. The Kier molecular flexibility index (Phi) is 4.67. The number of rotatable bonds is 5. The van der Waals surface area contributed by atoms with E-state index >= 15 is 0 Å². The summed E-state index contributed by atoms with van der Waals surface area (Å²) >= 11 is 5.82. The van der Waals surface area contributed by atoms with Crippen LogP contribution < -0.4 is 11.1 Å². The smallest absolute Gasteiger partial charge is 0.303 e. The van der Waals surface area contributed by atoms with E-state index in [4.69, 9.17) is 22.4 Å². The van der Waals surface area contributed by atoms with Crippen LogP contribution in [0.4, 0.5) is 5.69 Å². The summed E-state index contributed by atoms with van der Waals surface area (Å²) in [5.74, 6) is -2.21. The van der Waals surface area contributed by atoms with E-state index in [0.29, 0.717) is 0 Å². The van der Waals surface area contributed by atoms with Crippen LogP contribution in [0.3, 0.4) is 0 Å². The monoisotopic (exact) mass is 270 g/mol. The highest BCUT2D eigenvalue weighted by atomic mass is 35.5. The topological polar surface area (TPSA) is 109 Å². The molecular weight excluding hydrogens is 260 g/mol. The molecule has 0 aliphatic carbocycles. The molecule has 0 heterocycles. The van der Waals surface area contributed by atoms with Crippen molar-refractivity contribution in [3.8, 4) is 0 Å². The number of carbonyl (C=O) groups excluding carboxylic acids is 2. The van der Waals surface area contributed by atoms with E-state index in [1.165, 1.54) is 18.2 Å². The van der Waals surface area contributed by atoms with Crippen LogP contribution in [0.25, 0.3) is 0 Å². The van der Waals surface area contributed by atoms with E-state index < -0.39 is 17.8 Å². The van der Waals surface area contributed by atoms with Crippen LogP contribution in [0.2, 0.25) is 5.02 Å². The fraction of sp³-hybridized carbons (Fsp3) is 0.182. The summed E-state index contributed by atoms with van der Waals surface area (Å²) in [5.41, 5.74) is 5.52. The van der Waals surface area contributed by atoms with Gasteiger partial charge in [0.05, 0.1) is 17.1 Å². The minimum absolute atomic E-state index is 0.174. The molecule has 0 unspecified atom stereocenters. The largest absolute Gasteiger partial charge is 0.481 e. The summed E-state index contributed by atoms with van der Waals surface area (Å²) in [6, 6.07) is 4.19. The van der Waals surface area contributed by atoms with Gasteiger partial charge in [-0.2, -0.15) is 0 Å². The number of primary amides is 1. The third-order valence-corrected chi connectivity index (χ3v) is 2.42. The number of carbonyl (C=O) groups is 3. The zero-order valence-electron chi connectivity index (χ0n) is 9.27. The third kappa shape index (κ3) is 4.06. The standard InChI is InChI=1S/C11H11ClN2O4/c12-7-2-1-6(11(13)18)5-8(7)14-9(15)3-4-10(16)17/h1-2,5H,3-4H2,(H2,13,18)(H,14,15)(H,16,17). The summed E-state index contributed by atoms with van der Waals surface area (Å²) in [4.78, 5) is 32.7. The number of hydrogen-bond acceptors (Lipinski definition) is 3. The van der Waals surface area contributed by atoms with Gasteiger partial charge in [-0.15, -0.1) is 0 Å². The lowest BCUT2D eigenvalue weighted by Crippen LogP contribution is -2.15. The number of nitrogens with one attached hydrogen (secondary N) is 1. The van der Waals surface area contributed by atoms with Gasteiger partial charge in [0.15, 0.2) is 0 Å². The molecule has 0 aliphatic heterocycles. The summed E-state index contributed by atoms with van der Waals surface area (Å²) < 4.78 is 0. The van der Waals surface area contributed by atoms with E-state index in [1.807, 2.05) is 0 Å². The van der Waals surface area contributed by atoms with Crippen molar-refractivity contribution in [2.24, 2.45) is 5.73 Å². The molecule has 0 saturated heterocycles. The lowest BCUT2D eigenvalue weighted by Gasteiger charge is -2.07. The van der Waals surface area contributed by atoms with Crippen molar-refractivity contribution in [3.63, 3.8) is 0 Å². The van der Waals surface area contributed by atoms with E-state index in [1.54, 1.807) is 0 Å². The second-order valence-corrected chi connectivity index (χ2v) is 3.91. The number of halogens is 1. The van der Waals surface area contributed by atoms with Crippen LogP contribution in [0.15, 0.2) is 18.2 Å². The maximum absolute atomic E-state index is 11.4. The number of benzene rings is 1. The Balaban J connectivity index is 2.77. The molecule has 0 atom stereocenters. The van der Waals surface area contributed by atoms with Gasteiger partial charge in [0.1, 0.15) is 0 Å². The number of amides is 2. The lowest BCUT2D eigenvalue weighted by molar-refractivity contribution is -0.138. The molecule has 2 amide bonds. The quantitative estimate of drug-likeness (QED) is 0.748. The lowest BCUT2D eigenvalue weighted by atomic mass is 10.2. The van der Waals surface area contributed by atoms with E-state index in [2.05, 4.69) is 5.32 Å². The van der Waals surface area contributed by atoms with Gasteiger partial charge in [-0.1, -0.05) is 11.6 Å². The maximum atomic E-state index is 11.4. The molecule has 1 aromatic carbocycles. The fourth-order valence-corrected chi connectivity index (χ4v) is 1.37. The van der Waals surface area contributed by atoms with Crippen LogP contribution in [-0.4, -0.2) is 22.9 Å². The highest BCUT2D eigenvalue weighted by molar-refractivity contribution is 6.33. The van der Waals surface area contributed by atoms with Crippen molar-refractivity contribution < 1.29 is 19.5 Å². The van der Waals surface area contributed by atoms with Gasteiger partial charge in [0.2, 0.25) is 11.8 Å². The Bertz CT molecular complexity index is 502. The number of aliphatic carboxylic acids is 1. The fourth-order valence-electron chi connectivity index (χ4n) is 1.21. The summed E-state index contributed by atoms with van der Waals surface area (Å²) in [6.07, 6.45) is -0.453. The normalized spacial score (nSPS) is 9.83. The molecule has 0 fully saturated rings. The van der Waals surface area contributed by atoms with E-state index in [9.17, 15) is 14.4 Å². The Morgan fingerprint density at radius 2 is 1.94 bits per heavy atom. The number of carboxylic acid groups (broad SMARTS) is 1. The minimum Gasteiger partial charge on any atom is -0.481 e. The van der Waals surface area contributed by atoms with Gasteiger partial charge in [-0.25, -0.2) is 0 Å². The number of hydrogen-bond donors (Lipinski definition) is 3. The highest BCUT2D eigenvalue weighted by Gasteiger charge is 2.10. The second-order valence-electron chi connectivity index (χ2n) is 3.50. The van der Waals surface area contributed by atoms with Crippen LogP contribution in [0.1, 0.15) is 23.2 Å². The number of nitrogens with two attached hydrogens (primary N) is 1. The summed E-state index contributed by atoms with van der Waals surface area (Å²) in [7, 11) is 0. The molecule has 0 spiro atoms. The minimum atomic E-state index is -1.07. The van der Waals surface area contributed by atoms with Crippen LogP contribution in [-0.2, 0) is 9.59 Å². The molecule has 6 nitrogen and oxygen atoms in total. The molecule has 18 heavy (non-hydrogen) atoms. The molecule has 1 aromatic rings. The van der Waals surface area contributed by atoms with Crippen molar-refractivity contribution in [3.05, 3.63) is 28.8 Å². The average molecular weight is 271 g/mol. The summed E-state index contributed by atoms with van der Waals surface area (Å²) in [5, 5.41) is 11.1. The maximum Gasteiger partial charge on any atom is 0.303 e. The molecule has 4 N–H and O–H groups in total. The first-order chi connectivity index (χ1) is 8.40. The van der Waals surface area contributed by atoms with Gasteiger partial charge in [-0.3, -0.25) is 14.4 Å². The van der Waals surface area contributed by atoms with Crippen molar-refractivity contribution in [1.29, 1.82) is 0 Å². The molecule has 1 rings (SSSR count). The average Bonchev–Trinajstić information content (AvgIpc) is 2.29. The Labute approximate surface area is 108 Å². The molecule has 0 aliphatic rings. The third-order valence-electron chi connectivity index (χ3n) is 2.09. The van der Waals surface area contributed by atoms with Gasteiger partial charge in [-0.05, 0) is 18.2 Å². The van der Waals surface area contributed by atoms with Gasteiger partial charge >= 0.3 is 5.97 Å². The predicted molar refractivity (Wildman–Crippen MR) is 65.5 cm³/mol. The first-order valence-electron chi connectivity index (χ1n) is 5.01. The molecule has 0 aromatic heterocycles. The molecular formula is C11H11ClN2O4. The first-order valence-corrected chi connectivity index (χ1v) is 5.39.